The first kappa shape index (κ1) is 20.9. The van der Waals surface area contributed by atoms with E-state index in [2.05, 4.69) is 0 Å². The molecule has 0 bridgehead atoms. The summed E-state index contributed by atoms with van der Waals surface area (Å²) < 4.78 is 27.6. The highest BCUT2D eigenvalue weighted by atomic mass is 32.2. The van der Waals surface area contributed by atoms with Gasteiger partial charge in [-0.15, -0.1) is 0 Å². The van der Waals surface area contributed by atoms with E-state index in [0.717, 1.165) is 16.7 Å². The summed E-state index contributed by atoms with van der Waals surface area (Å²) in [6, 6.07) is 10.4. The zero-order chi connectivity index (χ0) is 21.3. The van der Waals surface area contributed by atoms with Crippen LogP contribution in [0.5, 0.6) is 0 Å². The molecule has 1 aliphatic heterocycles. The third kappa shape index (κ3) is 4.12. The summed E-state index contributed by atoms with van der Waals surface area (Å²) in [5.41, 5.74) is 3.86. The van der Waals surface area contributed by atoms with Gasteiger partial charge in [-0.25, -0.2) is 8.42 Å². The number of carbonyl (C=O) groups is 2. The Labute approximate surface area is 170 Å². The predicted octanol–water partition coefficient (Wildman–Crippen LogP) is 2.88. The second-order valence-electron chi connectivity index (χ2n) is 7.24. The fourth-order valence-corrected chi connectivity index (χ4v) is 4.80. The molecule has 0 unspecified atom stereocenters. The molecule has 0 saturated heterocycles. The largest absolute Gasteiger partial charge is 0.481 e. The molecule has 2 aromatic carbocycles. The summed E-state index contributed by atoms with van der Waals surface area (Å²) in [5.74, 6) is -1.29. The molecule has 0 aliphatic carbocycles. The summed E-state index contributed by atoms with van der Waals surface area (Å²) in [6.45, 7) is 4.20. The minimum absolute atomic E-state index is 0.0792. The molecule has 0 radical (unpaired) electrons. The number of sulfonamides is 1. The Morgan fingerprint density at radius 1 is 1.10 bits per heavy atom. The van der Waals surface area contributed by atoms with Gasteiger partial charge in [-0.05, 0) is 61.2 Å². The zero-order valence-electron chi connectivity index (χ0n) is 16.7. The van der Waals surface area contributed by atoms with Gasteiger partial charge in [0, 0.05) is 25.7 Å². The first-order valence-electron chi connectivity index (χ1n) is 9.32. The van der Waals surface area contributed by atoms with Crippen molar-refractivity contribution < 1.29 is 23.1 Å². The lowest BCUT2D eigenvalue weighted by molar-refractivity contribution is -0.138. The molecule has 2 aromatic rings. The third-order valence-electron chi connectivity index (χ3n) is 5.16. The fraction of sp³-hybridized carbons (Fsp3) is 0.333. The molecule has 29 heavy (non-hydrogen) atoms. The Kier molecular flexibility index (Phi) is 5.66. The van der Waals surface area contributed by atoms with Crippen LogP contribution in [0.15, 0.2) is 41.3 Å². The van der Waals surface area contributed by atoms with Gasteiger partial charge in [-0.3, -0.25) is 13.9 Å². The van der Waals surface area contributed by atoms with Crippen molar-refractivity contribution in [1.82, 2.24) is 0 Å². The average molecular weight is 416 g/mol. The van der Waals surface area contributed by atoms with Crippen molar-refractivity contribution in [3.63, 3.8) is 0 Å². The Hall–Kier alpha value is -2.87. The van der Waals surface area contributed by atoms with Gasteiger partial charge in [0.2, 0.25) is 5.91 Å². The van der Waals surface area contributed by atoms with Gasteiger partial charge < -0.3 is 10.0 Å². The van der Waals surface area contributed by atoms with E-state index >= 15 is 0 Å². The summed E-state index contributed by atoms with van der Waals surface area (Å²) >= 11 is 0. The Morgan fingerprint density at radius 3 is 2.52 bits per heavy atom. The zero-order valence-corrected chi connectivity index (χ0v) is 17.5. The Bertz CT molecular complexity index is 1080. The van der Waals surface area contributed by atoms with E-state index in [1.165, 1.54) is 22.3 Å². The van der Waals surface area contributed by atoms with Crippen molar-refractivity contribution in [1.29, 1.82) is 0 Å². The van der Waals surface area contributed by atoms with Crippen LogP contribution in [0.25, 0.3) is 0 Å². The fourth-order valence-electron chi connectivity index (χ4n) is 3.49. The highest BCUT2D eigenvalue weighted by Crippen LogP contribution is 2.33. The lowest BCUT2D eigenvalue weighted by Gasteiger charge is -2.22. The van der Waals surface area contributed by atoms with Crippen LogP contribution in [-0.2, 0) is 26.0 Å². The summed E-state index contributed by atoms with van der Waals surface area (Å²) in [7, 11) is -2.23. The normalized spacial score (nSPS) is 13.3. The Morgan fingerprint density at radius 2 is 1.83 bits per heavy atom. The first-order chi connectivity index (χ1) is 13.6. The van der Waals surface area contributed by atoms with Crippen molar-refractivity contribution >= 4 is 33.3 Å². The number of fused-ring (bicyclic) bond motifs is 1. The van der Waals surface area contributed by atoms with Crippen LogP contribution in [0.3, 0.4) is 0 Å². The number of nitrogens with zero attached hydrogens (tertiary/aromatic N) is 2. The van der Waals surface area contributed by atoms with Gasteiger partial charge in [0.1, 0.15) is 0 Å². The molecular formula is C21H24N2O5S. The van der Waals surface area contributed by atoms with Gasteiger partial charge in [0.25, 0.3) is 10.0 Å². The second-order valence-corrected chi connectivity index (χ2v) is 9.21. The number of anilines is 2. The van der Waals surface area contributed by atoms with Crippen LogP contribution < -0.4 is 9.21 Å². The molecule has 7 nitrogen and oxygen atoms in total. The topological polar surface area (TPSA) is 95.0 Å². The monoisotopic (exact) mass is 416 g/mol. The molecule has 0 spiro atoms. The highest BCUT2D eigenvalue weighted by molar-refractivity contribution is 7.92. The number of amides is 1. The number of benzene rings is 2. The number of rotatable bonds is 6. The molecule has 1 amide bonds. The smallest absolute Gasteiger partial charge is 0.303 e. The maximum atomic E-state index is 13.2. The number of hydrogen-bond donors (Lipinski definition) is 1. The van der Waals surface area contributed by atoms with Crippen molar-refractivity contribution in [3.05, 3.63) is 53.1 Å². The molecule has 0 fully saturated rings. The van der Waals surface area contributed by atoms with Gasteiger partial charge in [-0.2, -0.15) is 0 Å². The minimum atomic E-state index is -3.76. The lowest BCUT2D eigenvalue weighted by Crippen LogP contribution is -2.29. The van der Waals surface area contributed by atoms with Crippen molar-refractivity contribution in [2.24, 2.45) is 0 Å². The molecule has 154 valence electrons. The molecule has 1 aliphatic rings. The molecule has 8 heteroatoms. The number of hydrogen-bond acceptors (Lipinski definition) is 4. The van der Waals surface area contributed by atoms with Crippen LogP contribution in [0.1, 0.15) is 29.5 Å². The summed E-state index contributed by atoms with van der Waals surface area (Å²) in [4.78, 5) is 24.7. The molecule has 1 heterocycles. The van der Waals surface area contributed by atoms with Crippen LogP contribution in [0.2, 0.25) is 0 Å². The van der Waals surface area contributed by atoms with E-state index in [-0.39, 0.29) is 23.6 Å². The third-order valence-corrected chi connectivity index (χ3v) is 6.93. The summed E-state index contributed by atoms with van der Waals surface area (Å²) in [6.07, 6.45) is 0.229. The van der Waals surface area contributed by atoms with E-state index < -0.39 is 16.0 Å². The van der Waals surface area contributed by atoms with Gasteiger partial charge in [0.15, 0.2) is 0 Å². The van der Waals surface area contributed by atoms with Crippen molar-refractivity contribution in [2.45, 2.75) is 38.0 Å². The standard InChI is InChI=1S/C21H24N2O5S/c1-14-4-5-15(2)19(12-14)22(3)29(27,28)17-6-7-18-16(13-17)10-11-23(18)20(24)8-9-21(25)26/h4-7,12-13H,8-11H2,1-3H3,(H,25,26). The van der Waals surface area contributed by atoms with Gasteiger partial charge >= 0.3 is 5.97 Å². The van der Waals surface area contributed by atoms with E-state index in [1.54, 1.807) is 12.1 Å². The summed E-state index contributed by atoms with van der Waals surface area (Å²) in [5, 5.41) is 8.77. The van der Waals surface area contributed by atoms with Crippen LogP contribution in [0.4, 0.5) is 11.4 Å². The van der Waals surface area contributed by atoms with Crippen LogP contribution >= 0.6 is 0 Å². The van der Waals surface area contributed by atoms with Gasteiger partial charge in [0.05, 0.1) is 17.0 Å². The van der Waals surface area contributed by atoms with Crippen LogP contribution in [0, 0.1) is 13.8 Å². The number of carboxylic acids is 1. The van der Waals surface area contributed by atoms with Crippen LogP contribution in [-0.4, -0.2) is 39.0 Å². The first-order valence-corrected chi connectivity index (χ1v) is 10.8. The SMILES string of the molecule is Cc1ccc(C)c(N(C)S(=O)(=O)c2ccc3c(c2)CCN3C(=O)CCC(=O)O)c1. The molecule has 0 aromatic heterocycles. The van der Waals surface area contributed by atoms with E-state index in [0.29, 0.717) is 24.3 Å². The average Bonchev–Trinajstić information content (AvgIpc) is 3.10. The maximum absolute atomic E-state index is 13.2. The van der Waals surface area contributed by atoms with Crippen molar-refractivity contribution in [3.8, 4) is 0 Å². The molecule has 0 atom stereocenters. The second kappa shape index (κ2) is 7.87. The van der Waals surface area contributed by atoms with Gasteiger partial charge in [-0.1, -0.05) is 12.1 Å². The molecule has 3 rings (SSSR count). The van der Waals surface area contributed by atoms with E-state index in [9.17, 15) is 18.0 Å². The number of aryl methyl sites for hydroxylation is 2. The quantitative estimate of drug-likeness (QED) is 0.781. The highest BCUT2D eigenvalue weighted by Gasteiger charge is 2.28. The maximum Gasteiger partial charge on any atom is 0.303 e. The lowest BCUT2D eigenvalue weighted by atomic mass is 10.1. The minimum Gasteiger partial charge on any atom is -0.481 e. The molecule has 1 N–H and O–H groups in total. The molecular weight excluding hydrogens is 392 g/mol. The number of carboxylic acid groups (broad SMARTS) is 1. The van der Waals surface area contributed by atoms with Crippen molar-refractivity contribution in [2.75, 3.05) is 22.8 Å². The Balaban J connectivity index is 1.88. The van der Waals surface area contributed by atoms with E-state index in [4.69, 9.17) is 5.11 Å². The predicted molar refractivity (Wildman–Crippen MR) is 111 cm³/mol. The number of aliphatic carboxylic acids is 1. The molecule has 0 saturated carbocycles. The number of carbonyl (C=O) groups excluding carboxylic acids is 1. The van der Waals surface area contributed by atoms with E-state index in [1.807, 2.05) is 32.0 Å².